The Morgan fingerprint density at radius 3 is 2.31 bits per heavy atom. The number of nitrogens with two attached hydrogens (primary N) is 1. The molecule has 0 bridgehead atoms. The van der Waals surface area contributed by atoms with Gasteiger partial charge in [-0.05, 0) is 64.7 Å². The third-order valence-electron chi connectivity index (χ3n) is 5.73. The molecule has 0 aliphatic carbocycles. The Morgan fingerprint density at radius 1 is 0.974 bits per heavy atom. The molecular weight excluding hydrogens is 584 g/mol. The quantitative estimate of drug-likeness (QED) is 0.0644. The van der Waals surface area contributed by atoms with E-state index >= 15 is 0 Å². The number of nitrogens with zero attached hydrogens (tertiary/aromatic N) is 1. The van der Waals surface area contributed by atoms with Crippen molar-refractivity contribution in [1.29, 1.82) is 0 Å². The number of phenolic OH excluding ortho intramolecular Hbond substituents is 1. The minimum Gasteiger partial charge on any atom is -0.507 e. The second kappa shape index (κ2) is 14.5. The molecule has 0 fully saturated rings. The summed E-state index contributed by atoms with van der Waals surface area (Å²) in [5.74, 6) is 0.995. The van der Waals surface area contributed by atoms with Crippen LogP contribution in [0.25, 0.3) is 0 Å². The highest BCUT2D eigenvalue weighted by atomic mass is 79.9. The fourth-order valence-electron chi connectivity index (χ4n) is 3.90. The highest BCUT2D eigenvalue weighted by molar-refractivity contribution is 9.18. The zero-order chi connectivity index (χ0) is 28.4. The third kappa shape index (κ3) is 8.18. The van der Waals surface area contributed by atoms with Gasteiger partial charge in [-0.15, -0.1) is 0 Å². The highest BCUT2D eigenvalue weighted by Gasteiger charge is 2.16. The molecule has 0 aliphatic rings. The Bertz CT molecular complexity index is 1360. The summed E-state index contributed by atoms with van der Waals surface area (Å²) in [5, 5.41) is 19.9. The molecule has 0 aliphatic heterocycles. The van der Waals surface area contributed by atoms with Gasteiger partial charge in [-0.25, -0.2) is 9.79 Å². The first-order valence-electron chi connectivity index (χ1n) is 12.5. The number of benzene rings is 3. The lowest BCUT2D eigenvalue weighted by atomic mass is 10.1. The number of carboxylic acids is 1. The van der Waals surface area contributed by atoms with E-state index in [2.05, 4.69) is 27.8 Å². The first-order chi connectivity index (χ1) is 18.7. The van der Waals surface area contributed by atoms with Gasteiger partial charge < -0.3 is 30.2 Å². The lowest BCUT2D eigenvalue weighted by molar-refractivity contribution is 0.0694. The number of halogens is 1. The number of amidine groups is 1. The molecule has 0 amide bonds. The van der Waals surface area contributed by atoms with Gasteiger partial charge in [-0.3, -0.25) is 0 Å². The van der Waals surface area contributed by atoms with Crippen LogP contribution in [0.4, 0.5) is 0 Å². The number of hydrogen-bond donors (Lipinski definition) is 3. The molecular formula is C29H31BrN2O6S. The monoisotopic (exact) mass is 614 g/mol. The highest BCUT2D eigenvalue weighted by Crippen LogP contribution is 2.35. The number of aromatic hydroxyl groups is 1. The van der Waals surface area contributed by atoms with E-state index < -0.39 is 5.97 Å². The third-order valence-corrected chi connectivity index (χ3v) is 6.22. The van der Waals surface area contributed by atoms with Crippen LogP contribution < -0.4 is 19.9 Å². The first-order valence-corrected chi connectivity index (χ1v) is 13.7. The molecule has 3 aromatic rings. The standard InChI is InChI=1S/C29H31BrN2O6S/c1-3-9-19-23(12-7-13-24(19)38-25-11-6-5-10-20(25)28(34)35)36-14-8-15-37-26-17-22(33)21(16-18(26)4-2)27(39)32-29(30)31/h5-7,10-13,16-17,33H,3-4,8-9,14-15H2,1-2H3,(H,34,35)(H2,31,32,39). The topological polar surface area (TPSA) is 124 Å². The second-order valence-corrected chi connectivity index (χ2v) is 9.71. The van der Waals surface area contributed by atoms with Crippen LogP contribution in [0.1, 0.15) is 53.7 Å². The zero-order valence-corrected chi connectivity index (χ0v) is 24.2. The van der Waals surface area contributed by atoms with Crippen molar-refractivity contribution in [1.82, 2.24) is 0 Å². The van der Waals surface area contributed by atoms with Gasteiger partial charge in [-0.2, -0.15) is 0 Å². The van der Waals surface area contributed by atoms with Crippen molar-refractivity contribution in [3.05, 3.63) is 76.9 Å². The summed E-state index contributed by atoms with van der Waals surface area (Å²) < 4.78 is 18.2. The van der Waals surface area contributed by atoms with Gasteiger partial charge in [0.15, 0.2) is 4.74 Å². The summed E-state index contributed by atoms with van der Waals surface area (Å²) in [4.78, 5) is 15.7. The van der Waals surface area contributed by atoms with E-state index in [0.29, 0.717) is 55.3 Å². The van der Waals surface area contributed by atoms with Crippen molar-refractivity contribution >= 4 is 43.9 Å². The maximum Gasteiger partial charge on any atom is 0.339 e. The fraction of sp³-hybridized carbons (Fsp3) is 0.276. The van der Waals surface area contributed by atoms with Crippen LogP contribution >= 0.6 is 28.1 Å². The molecule has 0 radical (unpaired) electrons. The molecule has 4 N–H and O–H groups in total. The van der Waals surface area contributed by atoms with Crippen molar-refractivity contribution in [3.63, 3.8) is 0 Å². The van der Waals surface area contributed by atoms with Gasteiger partial charge in [0.2, 0.25) is 0 Å². The summed E-state index contributed by atoms with van der Waals surface area (Å²) in [5.41, 5.74) is 7.80. The molecule has 39 heavy (non-hydrogen) atoms. The molecule has 8 nitrogen and oxygen atoms in total. The number of aryl methyl sites for hydroxylation is 1. The summed E-state index contributed by atoms with van der Waals surface area (Å²) in [6, 6.07) is 15.3. The van der Waals surface area contributed by atoms with Gasteiger partial charge in [0.05, 0.1) is 18.8 Å². The summed E-state index contributed by atoms with van der Waals surface area (Å²) in [6.45, 7) is 4.80. The Hall–Kier alpha value is -3.63. The fourth-order valence-corrected chi connectivity index (χ4v) is 4.46. The second-order valence-electron chi connectivity index (χ2n) is 8.51. The minimum absolute atomic E-state index is 0.0357. The molecule has 3 aromatic carbocycles. The van der Waals surface area contributed by atoms with Crippen molar-refractivity contribution in [2.45, 2.75) is 39.5 Å². The van der Waals surface area contributed by atoms with E-state index in [4.69, 9.17) is 32.2 Å². The van der Waals surface area contributed by atoms with E-state index in [1.54, 1.807) is 24.3 Å². The number of hydrogen-bond acceptors (Lipinski definition) is 6. The number of carboxylic acid groups (broad SMARTS) is 1. The largest absolute Gasteiger partial charge is 0.507 e. The summed E-state index contributed by atoms with van der Waals surface area (Å²) in [6.07, 6.45) is 2.83. The van der Waals surface area contributed by atoms with Crippen LogP contribution in [0.3, 0.4) is 0 Å². The average Bonchev–Trinajstić information content (AvgIpc) is 2.90. The molecule has 0 saturated carbocycles. The van der Waals surface area contributed by atoms with Gasteiger partial charge >= 0.3 is 5.97 Å². The van der Waals surface area contributed by atoms with E-state index in [1.165, 1.54) is 12.1 Å². The number of aliphatic imine (C=N–C) groups is 1. The van der Waals surface area contributed by atoms with Gasteiger partial charge in [0, 0.05) is 18.1 Å². The predicted octanol–water partition coefficient (Wildman–Crippen LogP) is 6.63. The van der Waals surface area contributed by atoms with E-state index in [-0.39, 0.29) is 26.8 Å². The van der Waals surface area contributed by atoms with Crippen LogP contribution in [-0.2, 0) is 12.8 Å². The number of carbonyl (C=O) groups is 1. The Labute approximate surface area is 241 Å². The number of ether oxygens (including phenoxy) is 3. The molecule has 0 saturated heterocycles. The normalized spacial score (nSPS) is 11.2. The number of phenols is 1. The van der Waals surface area contributed by atoms with Gasteiger partial charge in [0.1, 0.15) is 39.3 Å². The lowest BCUT2D eigenvalue weighted by Gasteiger charge is -2.17. The molecule has 206 valence electrons. The van der Waals surface area contributed by atoms with Crippen LogP contribution in [-0.4, -0.2) is 39.1 Å². The smallest absolute Gasteiger partial charge is 0.339 e. The molecule has 3 rings (SSSR count). The van der Waals surface area contributed by atoms with E-state index in [9.17, 15) is 15.0 Å². The van der Waals surface area contributed by atoms with Crippen LogP contribution in [0.2, 0.25) is 0 Å². The molecule has 10 heteroatoms. The van der Waals surface area contributed by atoms with E-state index in [1.807, 2.05) is 25.1 Å². The number of aromatic carboxylic acids is 1. The van der Waals surface area contributed by atoms with Crippen LogP contribution in [0.5, 0.6) is 28.7 Å². The van der Waals surface area contributed by atoms with Crippen molar-refractivity contribution < 1.29 is 29.2 Å². The van der Waals surface area contributed by atoms with Crippen molar-refractivity contribution in [3.8, 4) is 28.7 Å². The number of para-hydroxylation sites is 1. The van der Waals surface area contributed by atoms with Gasteiger partial charge in [0.25, 0.3) is 0 Å². The lowest BCUT2D eigenvalue weighted by Crippen LogP contribution is -2.09. The average molecular weight is 616 g/mol. The van der Waals surface area contributed by atoms with Crippen LogP contribution in [0.15, 0.2) is 59.6 Å². The number of thiocarbonyl (C=S) groups is 1. The molecule has 0 atom stereocenters. The maximum absolute atomic E-state index is 11.6. The molecule has 0 spiro atoms. The summed E-state index contributed by atoms with van der Waals surface area (Å²) >= 11 is 8.29. The van der Waals surface area contributed by atoms with Crippen molar-refractivity contribution in [2.75, 3.05) is 13.2 Å². The Kier molecular flexibility index (Phi) is 11.1. The van der Waals surface area contributed by atoms with Crippen LogP contribution in [0, 0.1) is 0 Å². The molecule has 0 unspecified atom stereocenters. The first kappa shape index (κ1) is 29.9. The molecule has 0 heterocycles. The minimum atomic E-state index is -1.05. The Morgan fingerprint density at radius 2 is 1.64 bits per heavy atom. The van der Waals surface area contributed by atoms with Gasteiger partial charge in [-0.1, -0.05) is 50.7 Å². The summed E-state index contributed by atoms with van der Waals surface area (Å²) in [7, 11) is 0. The molecule has 0 aromatic heterocycles. The van der Waals surface area contributed by atoms with Crippen molar-refractivity contribution in [2.24, 2.45) is 10.7 Å². The van der Waals surface area contributed by atoms with E-state index in [0.717, 1.165) is 17.5 Å². The Balaban J connectivity index is 1.66. The predicted molar refractivity (Wildman–Crippen MR) is 159 cm³/mol. The zero-order valence-electron chi connectivity index (χ0n) is 21.8. The maximum atomic E-state index is 11.6. The SMILES string of the molecule is CCCc1c(OCCCOc2cc(O)c(C(=S)N=C(N)Br)cc2CC)cccc1Oc1ccccc1C(=O)O. The number of rotatable bonds is 13.